The van der Waals surface area contributed by atoms with E-state index in [-0.39, 0.29) is 23.6 Å². The quantitative estimate of drug-likeness (QED) is 0.496. The molecule has 0 radical (unpaired) electrons. The van der Waals surface area contributed by atoms with E-state index in [9.17, 15) is 4.79 Å². The lowest BCUT2D eigenvalue weighted by Gasteiger charge is -2.18. The maximum atomic E-state index is 12.7. The fourth-order valence-corrected chi connectivity index (χ4v) is 4.00. The molecule has 1 unspecified atom stereocenters. The van der Waals surface area contributed by atoms with Crippen LogP contribution in [0.1, 0.15) is 75.7 Å². The molecule has 2 heterocycles. The molecule has 1 aliphatic carbocycles. The van der Waals surface area contributed by atoms with Crippen LogP contribution in [0, 0.1) is 5.92 Å². The molecule has 8 nitrogen and oxygen atoms in total. The van der Waals surface area contributed by atoms with E-state index in [1.54, 1.807) is 6.33 Å². The number of hydrogen-bond acceptors (Lipinski definition) is 7. The molecule has 1 aromatic carbocycles. The van der Waals surface area contributed by atoms with E-state index in [0.29, 0.717) is 22.9 Å². The minimum Gasteiger partial charge on any atom is -0.343 e. The van der Waals surface area contributed by atoms with Crippen molar-refractivity contribution in [1.82, 2.24) is 30.2 Å². The van der Waals surface area contributed by atoms with E-state index in [1.165, 1.54) is 17.3 Å². The van der Waals surface area contributed by atoms with Crippen LogP contribution in [0.4, 0.5) is 0 Å². The summed E-state index contributed by atoms with van der Waals surface area (Å²) >= 11 is 1.35. The number of hydrogen-bond donors (Lipinski definition) is 1. The maximum absolute atomic E-state index is 12.7. The number of thioether (sulfide) groups is 1. The second kappa shape index (κ2) is 9.21. The molecule has 9 heteroatoms. The summed E-state index contributed by atoms with van der Waals surface area (Å²) in [6.45, 7) is 8.38. The number of nitrogens with one attached hydrogen (secondary N) is 1. The Morgan fingerprint density at radius 1 is 1.23 bits per heavy atom. The molecule has 0 bridgehead atoms. The average molecular weight is 441 g/mol. The standard InChI is InChI=1S/C22H28N6O2S/c1-13(2)15-7-9-17(10-8-15)28-12-23-26-22(28)31-11-18(29)24-19(14(3)4)21-25-20(27-30-21)16-5-6-16/h7-10,12-14,16,19H,5-6,11H2,1-4H3,(H,24,29). The number of carbonyl (C=O) groups is 1. The lowest BCUT2D eigenvalue weighted by atomic mass is 10.0. The zero-order valence-corrected chi connectivity index (χ0v) is 19.1. The summed E-state index contributed by atoms with van der Waals surface area (Å²) in [5.74, 6) is 2.35. The maximum Gasteiger partial charge on any atom is 0.249 e. The molecule has 31 heavy (non-hydrogen) atoms. The van der Waals surface area contributed by atoms with Crippen molar-refractivity contribution >= 4 is 17.7 Å². The number of benzene rings is 1. The van der Waals surface area contributed by atoms with Gasteiger partial charge in [-0.05, 0) is 42.4 Å². The van der Waals surface area contributed by atoms with Crippen molar-refractivity contribution < 1.29 is 9.32 Å². The van der Waals surface area contributed by atoms with Gasteiger partial charge in [0.2, 0.25) is 11.8 Å². The Labute approximate surface area is 186 Å². The fraction of sp³-hybridized carbons (Fsp3) is 0.500. The molecule has 2 aromatic heterocycles. The van der Waals surface area contributed by atoms with Crippen LogP contribution in [-0.4, -0.2) is 36.6 Å². The monoisotopic (exact) mass is 440 g/mol. The highest BCUT2D eigenvalue weighted by Crippen LogP contribution is 2.38. The topological polar surface area (TPSA) is 98.7 Å². The summed E-state index contributed by atoms with van der Waals surface area (Å²) in [6.07, 6.45) is 3.88. The molecule has 1 N–H and O–H groups in total. The van der Waals surface area contributed by atoms with Crippen LogP contribution in [0.3, 0.4) is 0 Å². The van der Waals surface area contributed by atoms with Crippen LogP contribution < -0.4 is 5.32 Å². The summed E-state index contributed by atoms with van der Waals surface area (Å²) in [4.78, 5) is 17.2. The van der Waals surface area contributed by atoms with Crippen LogP contribution in [-0.2, 0) is 4.79 Å². The Morgan fingerprint density at radius 2 is 1.97 bits per heavy atom. The van der Waals surface area contributed by atoms with E-state index in [1.807, 2.05) is 30.5 Å². The van der Waals surface area contributed by atoms with Crippen molar-refractivity contribution in [3.8, 4) is 5.69 Å². The van der Waals surface area contributed by atoms with Gasteiger partial charge in [-0.1, -0.05) is 56.7 Å². The van der Waals surface area contributed by atoms with Crippen LogP contribution in [0.5, 0.6) is 0 Å². The van der Waals surface area contributed by atoms with Gasteiger partial charge in [-0.2, -0.15) is 4.98 Å². The van der Waals surface area contributed by atoms with Crippen molar-refractivity contribution in [2.75, 3.05) is 5.75 Å². The Kier molecular flexibility index (Phi) is 6.41. The Hall–Kier alpha value is -2.68. The highest BCUT2D eigenvalue weighted by molar-refractivity contribution is 7.99. The molecule has 0 aliphatic heterocycles. The molecule has 1 atom stereocenters. The Bertz CT molecular complexity index is 1020. The van der Waals surface area contributed by atoms with Crippen LogP contribution in [0.25, 0.3) is 5.69 Å². The van der Waals surface area contributed by atoms with E-state index in [4.69, 9.17) is 4.52 Å². The van der Waals surface area contributed by atoms with Gasteiger partial charge in [-0.15, -0.1) is 10.2 Å². The second-order valence-corrected chi connectivity index (χ2v) is 9.52. The first-order valence-corrected chi connectivity index (χ1v) is 11.7. The molecule has 0 spiro atoms. The highest BCUT2D eigenvalue weighted by Gasteiger charge is 2.31. The van der Waals surface area contributed by atoms with Gasteiger partial charge >= 0.3 is 0 Å². The van der Waals surface area contributed by atoms with Crippen molar-refractivity contribution in [1.29, 1.82) is 0 Å². The summed E-state index contributed by atoms with van der Waals surface area (Å²) in [5.41, 5.74) is 2.24. The number of nitrogens with zero attached hydrogens (tertiary/aromatic N) is 5. The lowest BCUT2D eigenvalue weighted by Crippen LogP contribution is -2.33. The third kappa shape index (κ3) is 5.15. The number of rotatable bonds is 9. The molecular formula is C22H28N6O2S. The van der Waals surface area contributed by atoms with Gasteiger partial charge in [0, 0.05) is 11.6 Å². The van der Waals surface area contributed by atoms with E-state index >= 15 is 0 Å². The van der Waals surface area contributed by atoms with Gasteiger partial charge in [-0.25, -0.2) is 0 Å². The molecule has 1 aliphatic rings. The predicted molar refractivity (Wildman–Crippen MR) is 118 cm³/mol. The van der Waals surface area contributed by atoms with Gasteiger partial charge < -0.3 is 9.84 Å². The smallest absolute Gasteiger partial charge is 0.249 e. The molecule has 0 saturated heterocycles. The molecule has 1 amide bonds. The number of amides is 1. The number of aromatic nitrogens is 5. The van der Waals surface area contributed by atoms with Gasteiger partial charge in [0.25, 0.3) is 0 Å². The summed E-state index contributed by atoms with van der Waals surface area (Å²) in [7, 11) is 0. The summed E-state index contributed by atoms with van der Waals surface area (Å²) < 4.78 is 7.33. The van der Waals surface area contributed by atoms with E-state index in [2.05, 4.69) is 51.6 Å². The van der Waals surface area contributed by atoms with Gasteiger partial charge in [0.15, 0.2) is 11.0 Å². The summed E-state index contributed by atoms with van der Waals surface area (Å²) in [5, 5.41) is 16.0. The molecule has 1 saturated carbocycles. The van der Waals surface area contributed by atoms with Crippen LogP contribution in [0.2, 0.25) is 0 Å². The molecule has 164 valence electrons. The lowest BCUT2D eigenvalue weighted by molar-refractivity contribution is -0.119. The largest absolute Gasteiger partial charge is 0.343 e. The number of carbonyl (C=O) groups excluding carboxylic acids is 1. The van der Waals surface area contributed by atoms with E-state index in [0.717, 1.165) is 24.4 Å². The first-order chi connectivity index (χ1) is 14.9. The van der Waals surface area contributed by atoms with E-state index < -0.39 is 0 Å². The molecule has 3 aromatic rings. The van der Waals surface area contributed by atoms with Crippen molar-refractivity contribution in [3.05, 3.63) is 47.9 Å². The zero-order valence-electron chi connectivity index (χ0n) is 18.3. The third-order valence-corrected chi connectivity index (χ3v) is 6.28. The predicted octanol–water partition coefficient (Wildman–Crippen LogP) is 4.26. The SMILES string of the molecule is CC(C)c1ccc(-n2cnnc2SCC(=O)NC(c2nc(C3CC3)no2)C(C)C)cc1. The van der Waals surface area contributed by atoms with Gasteiger partial charge in [0.1, 0.15) is 12.4 Å². The summed E-state index contributed by atoms with van der Waals surface area (Å²) in [6, 6.07) is 7.99. The first kappa shape index (κ1) is 21.5. The molecule has 1 fully saturated rings. The third-order valence-electron chi connectivity index (χ3n) is 5.34. The Morgan fingerprint density at radius 3 is 2.61 bits per heavy atom. The normalized spacial score (nSPS) is 14.9. The van der Waals surface area contributed by atoms with Crippen molar-refractivity contribution in [3.63, 3.8) is 0 Å². The van der Waals surface area contributed by atoms with Gasteiger partial charge in [-0.3, -0.25) is 9.36 Å². The highest BCUT2D eigenvalue weighted by atomic mass is 32.2. The van der Waals surface area contributed by atoms with Crippen LogP contribution in [0.15, 0.2) is 40.3 Å². The molecule has 4 rings (SSSR count). The Balaban J connectivity index is 1.38. The van der Waals surface area contributed by atoms with Crippen LogP contribution >= 0.6 is 11.8 Å². The zero-order chi connectivity index (χ0) is 22.0. The fourth-order valence-electron chi connectivity index (χ4n) is 3.26. The van der Waals surface area contributed by atoms with Crippen molar-refractivity contribution in [2.24, 2.45) is 5.92 Å². The minimum absolute atomic E-state index is 0.112. The minimum atomic E-state index is -0.311. The average Bonchev–Trinajstić information content (AvgIpc) is 3.30. The first-order valence-electron chi connectivity index (χ1n) is 10.7. The van der Waals surface area contributed by atoms with Gasteiger partial charge in [0.05, 0.1) is 5.75 Å². The van der Waals surface area contributed by atoms with Crippen molar-refractivity contribution in [2.45, 2.75) is 63.6 Å². The molecular weight excluding hydrogens is 412 g/mol. The second-order valence-electron chi connectivity index (χ2n) is 8.57.